The van der Waals surface area contributed by atoms with E-state index in [9.17, 15) is 9.59 Å². The predicted octanol–water partition coefficient (Wildman–Crippen LogP) is 1.74. The van der Waals surface area contributed by atoms with Gasteiger partial charge in [0.1, 0.15) is 0 Å². The molecule has 19 heavy (non-hydrogen) atoms. The summed E-state index contributed by atoms with van der Waals surface area (Å²) in [5.74, 6) is 0.330. The fourth-order valence-corrected chi connectivity index (χ4v) is 1.56. The summed E-state index contributed by atoms with van der Waals surface area (Å²) in [6, 6.07) is 1.50. The third-order valence-corrected chi connectivity index (χ3v) is 2.63. The third kappa shape index (κ3) is 4.12. The minimum atomic E-state index is -0.483. The van der Waals surface area contributed by atoms with Gasteiger partial charge in [-0.15, -0.1) is 0 Å². The first-order valence-corrected chi connectivity index (χ1v) is 6.39. The Bertz CT molecular complexity index is 512. The van der Waals surface area contributed by atoms with Crippen molar-refractivity contribution in [3.63, 3.8) is 0 Å². The number of hydrogen-bond acceptors (Lipinski definition) is 3. The number of carbonyl (C=O) groups excluding carboxylic acids is 1. The minimum Gasteiger partial charge on any atom is -0.479 e. The number of carbonyl (C=O) groups is 1. The van der Waals surface area contributed by atoms with Crippen LogP contribution in [0, 0.1) is 12.3 Å². The molecule has 0 saturated carbocycles. The fourth-order valence-electron chi connectivity index (χ4n) is 1.56. The first kappa shape index (κ1) is 15.3. The summed E-state index contributed by atoms with van der Waals surface area (Å²) < 4.78 is 5.41. The summed E-state index contributed by atoms with van der Waals surface area (Å²) >= 11 is 0. The average Bonchev–Trinajstić information content (AvgIpc) is 2.26. The number of aromatic nitrogens is 1. The Kier molecular flexibility index (Phi) is 4.75. The zero-order valence-corrected chi connectivity index (χ0v) is 12.2. The first-order chi connectivity index (χ1) is 8.75. The molecule has 0 unspecified atom stereocenters. The number of ether oxygens (including phenoxy) is 1. The van der Waals surface area contributed by atoms with Crippen LogP contribution in [0.2, 0.25) is 0 Å². The maximum absolute atomic E-state index is 11.9. The highest BCUT2D eigenvalue weighted by Crippen LogP contribution is 2.15. The summed E-state index contributed by atoms with van der Waals surface area (Å²) in [6.45, 7) is 9.74. The van der Waals surface area contributed by atoms with Crippen LogP contribution in [0.5, 0.6) is 5.88 Å². The van der Waals surface area contributed by atoms with Crippen LogP contribution >= 0.6 is 0 Å². The summed E-state index contributed by atoms with van der Waals surface area (Å²) in [5.41, 5.74) is 0.571. The highest BCUT2D eigenvalue weighted by molar-refractivity contribution is 5.81. The van der Waals surface area contributed by atoms with Crippen molar-refractivity contribution in [1.29, 1.82) is 0 Å². The Morgan fingerprint density at radius 1 is 1.42 bits per heavy atom. The largest absolute Gasteiger partial charge is 0.479 e. The lowest BCUT2D eigenvalue weighted by molar-refractivity contribution is -0.128. The number of nitrogens with one attached hydrogen (secondary N) is 2. The molecule has 5 nitrogen and oxygen atoms in total. The maximum atomic E-state index is 11.9. The first-order valence-electron chi connectivity index (χ1n) is 6.39. The quantitative estimate of drug-likeness (QED) is 0.872. The summed E-state index contributed by atoms with van der Waals surface area (Å²) in [5, 5.41) is 2.76. The van der Waals surface area contributed by atoms with Crippen LogP contribution in [0.25, 0.3) is 0 Å². The standard InChI is InChI=1S/C14H22N2O3/c1-6-19-12-10(11(17)7-9(2)16-12)8-15-13(18)14(3,4)5/h7H,6,8H2,1-5H3,(H,15,18)(H,16,17). The number of amides is 1. The Labute approximate surface area is 113 Å². The van der Waals surface area contributed by atoms with E-state index in [1.807, 2.05) is 27.7 Å². The smallest absolute Gasteiger partial charge is 0.225 e. The molecule has 0 radical (unpaired) electrons. The van der Waals surface area contributed by atoms with E-state index >= 15 is 0 Å². The van der Waals surface area contributed by atoms with Crippen LogP contribution in [-0.2, 0) is 11.3 Å². The number of pyridine rings is 1. The van der Waals surface area contributed by atoms with E-state index in [0.29, 0.717) is 18.1 Å². The van der Waals surface area contributed by atoms with Gasteiger partial charge >= 0.3 is 0 Å². The van der Waals surface area contributed by atoms with Crippen LogP contribution in [0.1, 0.15) is 39.0 Å². The van der Waals surface area contributed by atoms with Crippen molar-refractivity contribution < 1.29 is 9.53 Å². The van der Waals surface area contributed by atoms with E-state index < -0.39 is 5.41 Å². The van der Waals surface area contributed by atoms with E-state index in [2.05, 4.69) is 10.3 Å². The minimum absolute atomic E-state index is 0.102. The van der Waals surface area contributed by atoms with Crippen LogP contribution in [0.4, 0.5) is 0 Å². The van der Waals surface area contributed by atoms with Gasteiger partial charge in [-0.25, -0.2) is 0 Å². The second-order valence-electron chi connectivity index (χ2n) is 5.49. The van der Waals surface area contributed by atoms with Gasteiger partial charge in [0.2, 0.25) is 5.91 Å². The maximum Gasteiger partial charge on any atom is 0.225 e. The number of aryl methyl sites for hydroxylation is 1. The lowest BCUT2D eigenvalue weighted by atomic mass is 9.95. The molecule has 0 saturated heterocycles. The normalized spacial score (nSPS) is 11.2. The monoisotopic (exact) mass is 266 g/mol. The molecule has 0 fully saturated rings. The molecular weight excluding hydrogens is 244 g/mol. The van der Waals surface area contributed by atoms with Gasteiger partial charge in [-0.1, -0.05) is 20.8 Å². The molecule has 1 aromatic heterocycles. The second-order valence-corrected chi connectivity index (χ2v) is 5.49. The number of H-pyrrole nitrogens is 1. The molecule has 0 bridgehead atoms. The van der Waals surface area contributed by atoms with Crippen molar-refractivity contribution in [2.75, 3.05) is 6.61 Å². The molecule has 1 heterocycles. The molecule has 0 aliphatic rings. The Hall–Kier alpha value is -1.78. The molecule has 0 spiro atoms. The SMILES string of the molecule is CCOc1[nH]c(C)cc(=O)c1CNC(=O)C(C)(C)C. The number of rotatable bonds is 4. The molecule has 1 rings (SSSR count). The topological polar surface area (TPSA) is 71.2 Å². The molecule has 0 aromatic carbocycles. The average molecular weight is 266 g/mol. The van der Waals surface area contributed by atoms with Crippen molar-refractivity contribution in [3.05, 3.63) is 27.5 Å². The number of hydrogen-bond donors (Lipinski definition) is 2. The Balaban J connectivity index is 2.94. The van der Waals surface area contributed by atoms with E-state index in [1.54, 1.807) is 6.92 Å². The van der Waals surface area contributed by atoms with Crippen molar-refractivity contribution in [3.8, 4) is 5.88 Å². The third-order valence-electron chi connectivity index (χ3n) is 2.63. The molecule has 0 aliphatic heterocycles. The van der Waals surface area contributed by atoms with Gasteiger partial charge in [0, 0.05) is 17.2 Å². The van der Waals surface area contributed by atoms with Gasteiger partial charge in [0.15, 0.2) is 11.3 Å². The fraction of sp³-hybridized carbons (Fsp3) is 0.571. The molecule has 0 aliphatic carbocycles. The zero-order valence-electron chi connectivity index (χ0n) is 12.2. The van der Waals surface area contributed by atoms with Gasteiger partial charge in [-0.05, 0) is 13.8 Å². The molecule has 5 heteroatoms. The van der Waals surface area contributed by atoms with Gasteiger partial charge in [-0.3, -0.25) is 9.59 Å². The van der Waals surface area contributed by atoms with E-state index in [1.165, 1.54) is 6.07 Å². The van der Waals surface area contributed by atoms with Crippen molar-refractivity contribution in [1.82, 2.24) is 10.3 Å². The highest BCUT2D eigenvalue weighted by Gasteiger charge is 2.21. The molecule has 106 valence electrons. The van der Waals surface area contributed by atoms with Crippen LogP contribution in [0.3, 0.4) is 0 Å². The van der Waals surface area contributed by atoms with E-state index in [-0.39, 0.29) is 17.9 Å². The molecular formula is C14H22N2O3. The van der Waals surface area contributed by atoms with Gasteiger partial charge in [-0.2, -0.15) is 0 Å². The summed E-state index contributed by atoms with van der Waals surface area (Å²) in [4.78, 5) is 26.8. The molecule has 0 atom stereocenters. The Morgan fingerprint density at radius 2 is 2.05 bits per heavy atom. The van der Waals surface area contributed by atoms with Gasteiger partial charge in [0.05, 0.1) is 18.7 Å². The van der Waals surface area contributed by atoms with E-state index in [4.69, 9.17) is 4.74 Å². The summed E-state index contributed by atoms with van der Waals surface area (Å²) in [7, 11) is 0. The highest BCUT2D eigenvalue weighted by atomic mass is 16.5. The van der Waals surface area contributed by atoms with Gasteiger partial charge in [0.25, 0.3) is 0 Å². The Morgan fingerprint density at radius 3 is 2.58 bits per heavy atom. The molecule has 1 amide bonds. The molecule has 2 N–H and O–H groups in total. The predicted molar refractivity (Wildman–Crippen MR) is 74.3 cm³/mol. The lowest BCUT2D eigenvalue weighted by Crippen LogP contribution is -2.35. The van der Waals surface area contributed by atoms with Crippen LogP contribution in [-0.4, -0.2) is 17.5 Å². The lowest BCUT2D eigenvalue weighted by Gasteiger charge is -2.18. The van der Waals surface area contributed by atoms with Crippen molar-refractivity contribution in [2.45, 2.75) is 41.2 Å². The van der Waals surface area contributed by atoms with Gasteiger partial charge < -0.3 is 15.0 Å². The molecule has 1 aromatic rings. The van der Waals surface area contributed by atoms with Crippen molar-refractivity contribution in [2.24, 2.45) is 5.41 Å². The summed E-state index contributed by atoms with van der Waals surface area (Å²) in [6.07, 6.45) is 0. The second kappa shape index (κ2) is 5.91. The van der Waals surface area contributed by atoms with Crippen LogP contribution < -0.4 is 15.5 Å². The number of aromatic amines is 1. The van der Waals surface area contributed by atoms with E-state index in [0.717, 1.165) is 5.69 Å². The van der Waals surface area contributed by atoms with Crippen LogP contribution in [0.15, 0.2) is 10.9 Å². The van der Waals surface area contributed by atoms with Crippen molar-refractivity contribution >= 4 is 5.91 Å². The zero-order chi connectivity index (χ0) is 14.6.